The topological polar surface area (TPSA) is 0 Å². The van der Waals surface area contributed by atoms with Crippen LogP contribution in [0.1, 0.15) is 11.1 Å². The first-order chi connectivity index (χ1) is 9.20. The van der Waals surface area contributed by atoms with Crippen molar-refractivity contribution in [2.45, 2.75) is 12.8 Å². The quantitative estimate of drug-likeness (QED) is 0.695. The minimum absolute atomic E-state index is 0.249. The molecule has 0 nitrogen and oxygen atoms in total. The van der Waals surface area contributed by atoms with E-state index in [2.05, 4.69) is 28.1 Å². The van der Waals surface area contributed by atoms with Gasteiger partial charge in [0, 0.05) is 5.33 Å². The van der Waals surface area contributed by atoms with Crippen molar-refractivity contribution in [3.63, 3.8) is 0 Å². The molecule has 0 radical (unpaired) electrons. The Balaban J connectivity index is 2.09. The number of hydrogen-bond donors (Lipinski definition) is 0. The van der Waals surface area contributed by atoms with Crippen LogP contribution in [0.25, 0.3) is 0 Å². The molecule has 2 rings (SSSR count). The number of hydrogen-bond acceptors (Lipinski definition) is 0. The highest BCUT2D eigenvalue weighted by Gasteiger charge is 2.14. The number of rotatable bonds is 5. The van der Waals surface area contributed by atoms with Gasteiger partial charge in [-0.05, 0) is 36.0 Å². The Hall–Kier alpha value is -1.22. The number of halogens is 3. The van der Waals surface area contributed by atoms with Gasteiger partial charge in [0.15, 0.2) is 11.6 Å². The van der Waals surface area contributed by atoms with Crippen molar-refractivity contribution in [2.75, 3.05) is 5.33 Å². The Bertz CT molecular complexity index is 526. The van der Waals surface area contributed by atoms with Crippen molar-refractivity contribution in [2.24, 2.45) is 5.92 Å². The monoisotopic (exact) mass is 324 g/mol. The summed E-state index contributed by atoms with van der Waals surface area (Å²) in [6.45, 7) is 0. The van der Waals surface area contributed by atoms with Crippen LogP contribution in [0.5, 0.6) is 0 Å². The standard InChI is InChI=1S/C16H15BrF2/c17-11-13(9-12-5-2-1-3-6-12)10-14-7-4-8-15(18)16(14)19/h1-8,13H,9-11H2. The summed E-state index contributed by atoms with van der Waals surface area (Å²) in [7, 11) is 0. The Labute approximate surface area is 120 Å². The van der Waals surface area contributed by atoms with Gasteiger partial charge in [-0.3, -0.25) is 0 Å². The van der Waals surface area contributed by atoms with Gasteiger partial charge >= 0.3 is 0 Å². The van der Waals surface area contributed by atoms with Gasteiger partial charge in [0.1, 0.15) is 0 Å². The zero-order chi connectivity index (χ0) is 13.7. The number of benzene rings is 2. The van der Waals surface area contributed by atoms with Gasteiger partial charge in [-0.15, -0.1) is 0 Å². The minimum atomic E-state index is -0.773. The average molecular weight is 325 g/mol. The molecule has 1 unspecified atom stereocenters. The van der Waals surface area contributed by atoms with E-state index in [9.17, 15) is 8.78 Å². The van der Waals surface area contributed by atoms with Crippen molar-refractivity contribution in [3.05, 3.63) is 71.3 Å². The molecule has 0 bridgehead atoms. The van der Waals surface area contributed by atoms with Crippen LogP contribution in [-0.4, -0.2) is 5.33 Å². The van der Waals surface area contributed by atoms with Gasteiger partial charge in [0.25, 0.3) is 0 Å². The fourth-order valence-electron chi connectivity index (χ4n) is 2.15. The molecule has 0 heterocycles. The SMILES string of the molecule is Fc1cccc(CC(CBr)Cc2ccccc2)c1F. The Kier molecular flexibility index (Phi) is 5.08. The van der Waals surface area contributed by atoms with Crippen molar-refractivity contribution >= 4 is 15.9 Å². The lowest BCUT2D eigenvalue weighted by atomic mass is 9.94. The second kappa shape index (κ2) is 6.80. The van der Waals surface area contributed by atoms with Crippen LogP contribution < -0.4 is 0 Å². The average Bonchev–Trinajstić information content (AvgIpc) is 2.44. The molecule has 0 N–H and O–H groups in total. The van der Waals surface area contributed by atoms with Crippen LogP contribution in [0, 0.1) is 17.6 Å². The summed E-state index contributed by atoms with van der Waals surface area (Å²) in [5.41, 5.74) is 1.66. The van der Waals surface area contributed by atoms with Gasteiger partial charge in [0.2, 0.25) is 0 Å². The lowest BCUT2D eigenvalue weighted by Crippen LogP contribution is -2.11. The molecule has 2 aromatic carbocycles. The third-order valence-electron chi connectivity index (χ3n) is 3.13. The summed E-state index contributed by atoms with van der Waals surface area (Å²) in [6, 6.07) is 14.4. The molecular weight excluding hydrogens is 310 g/mol. The van der Waals surface area contributed by atoms with Gasteiger partial charge in [-0.2, -0.15) is 0 Å². The smallest absolute Gasteiger partial charge is 0.162 e. The highest BCUT2D eigenvalue weighted by atomic mass is 79.9. The van der Waals surface area contributed by atoms with E-state index in [1.807, 2.05) is 18.2 Å². The van der Waals surface area contributed by atoms with Crippen LogP contribution in [-0.2, 0) is 12.8 Å². The second-order valence-electron chi connectivity index (χ2n) is 4.63. The van der Waals surface area contributed by atoms with E-state index < -0.39 is 11.6 Å². The van der Waals surface area contributed by atoms with E-state index in [1.165, 1.54) is 5.56 Å². The summed E-state index contributed by atoms with van der Waals surface area (Å²) in [4.78, 5) is 0. The van der Waals surface area contributed by atoms with Crippen molar-refractivity contribution in [1.29, 1.82) is 0 Å². The fourth-order valence-corrected chi connectivity index (χ4v) is 2.60. The summed E-state index contributed by atoms with van der Waals surface area (Å²) in [5, 5.41) is 0.762. The van der Waals surface area contributed by atoms with E-state index in [0.29, 0.717) is 12.0 Å². The lowest BCUT2D eigenvalue weighted by molar-refractivity contribution is 0.485. The van der Waals surface area contributed by atoms with E-state index >= 15 is 0 Å². The summed E-state index contributed by atoms with van der Waals surface area (Å²) in [5.74, 6) is -1.24. The van der Waals surface area contributed by atoms with E-state index in [-0.39, 0.29) is 5.92 Å². The molecule has 0 fully saturated rings. The van der Waals surface area contributed by atoms with E-state index in [1.54, 1.807) is 12.1 Å². The first-order valence-electron chi connectivity index (χ1n) is 6.23. The van der Waals surface area contributed by atoms with Crippen LogP contribution in [0.3, 0.4) is 0 Å². The molecule has 100 valence electrons. The maximum Gasteiger partial charge on any atom is 0.162 e. The normalized spacial score (nSPS) is 12.4. The van der Waals surface area contributed by atoms with E-state index in [0.717, 1.165) is 17.8 Å². The molecule has 2 aromatic rings. The van der Waals surface area contributed by atoms with Crippen LogP contribution in [0.15, 0.2) is 48.5 Å². The third-order valence-corrected chi connectivity index (χ3v) is 4.04. The first kappa shape index (κ1) is 14.2. The second-order valence-corrected chi connectivity index (χ2v) is 5.27. The van der Waals surface area contributed by atoms with Crippen LogP contribution in [0.4, 0.5) is 8.78 Å². The van der Waals surface area contributed by atoms with E-state index in [4.69, 9.17) is 0 Å². The molecule has 0 amide bonds. The van der Waals surface area contributed by atoms with Crippen LogP contribution in [0.2, 0.25) is 0 Å². The Morgan fingerprint density at radius 1 is 0.895 bits per heavy atom. The van der Waals surface area contributed by atoms with Gasteiger partial charge in [0.05, 0.1) is 0 Å². The first-order valence-corrected chi connectivity index (χ1v) is 7.35. The largest absolute Gasteiger partial charge is 0.204 e. The summed E-state index contributed by atoms with van der Waals surface area (Å²) in [6.07, 6.45) is 1.38. The summed E-state index contributed by atoms with van der Waals surface area (Å²) < 4.78 is 26.8. The highest BCUT2D eigenvalue weighted by Crippen LogP contribution is 2.20. The predicted octanol–water partition coefficient (Wildman–Crippen LogP) is 4.76. The molecule has 19 heavy (non-hydrogen) atoms. The third kappa shape index (κ3) is 3.87. The molecule has 0 aliphatic rings. The molecule has 0 aliphatic heterocycles. The van der Waals surface area contributed by atoms with Crippen LogP contribution >= 0.6 is 15.9 Å². The van der Waals surface area contributed by atoms with Gasteiger partial charge in [-0.1, -0.05) is 58.4 Å². The predicted molar refractivity (Wildman–Crippen MR) is 77.5 cm³/mol. The van der Waals surface area contributed by atoms with Gasteiger partial charge < -0.3 is 0 Å². The van der Waals surface area contributed by atoms with Crippen molar-refractivity contribution in [1.82, 2.24) is 0 Å². The van der Waals surface area contributed by atoms with Gasteiger partial charge in [-0.25, -0.2) is 8.78 Å². The number of alkyl halides is 1. The molecule has 0 saturated carbocycles. The molecular formula is C16H15BrF2. The molecule has 0 aromatic heterocycles. The minimum Gasteiger partial charge on any atom is -0.204 e. The maximum absolute atomic E-state index is 13.6. The van der Waals surface area contributed by atoms with Crippen molar-refractivity contribution in [3.8, 4) is 0 Å². The maximum atomic E-state index is 13.6. The zero-order valence-electron chi connectivity index (χ0n) is 10.5. The molecule has 0 aliphatic carbocycles. The molecule has 1 atom stereocenters. The summed E-state index contributed by atoms with van der Waals surface area (Å²) >= 11 is 3.46. The Morgan fingerprint density at radius 2 is 1.63 bits per heavy atom. The zero-order valence-corrected chi connectivity index (χ0v) is 12.0. The van der Waals surface area contributed by atoms with Crippen molar-refractivity contribution < 1.29 is 8.78 Å². The Morgan fingerprint density at radius 3 is 2.32 bits per heavy atom. The fraction of sp³-hybridized carbons (Fsp3) is 0.250. The highest BCUT2D eigenvalue weighted by molar-refractivity contribution is 9.09. The lowest BCUT2D eigenvalue weighted by Gasteiger charge is -2.15. The molecule has 3 heteroatoms. The molecule has 0 saturated heterocycles. The molecule has 0 spiro atoms.